The van der Waals surface area contributed by atoms with Gasteiger partial charge in [0.1, 0.15) is 11.2 Å². The molecule has 1 aromatic rings. The lowest BCUT2D eigenvalue weighted by Gasteiger charge is -1.99. The highest BCUT2D eigenvalue weighted by Gasteiger charge is 2.14. The summed E-state index contributed by atoms with van der Waals surface area (Å²) in [6.45, 7) is 0. The zero-order valence-corrected chi connectivity index (χ0v) is 8.53. The highest BCUT2D eigenvalue weighted by Crippen LogP contribution is 2.24. The van der Waals surface area contributed by atoms with Gasteiger partial charge in [-0.05, 0) is 12.1 Å². The van der Waals surface area contributed by atoms with Crippen molar-refractivity contribution >= 4 is 37.6 Å². The first-order valence-electron chi connectivity index (χ1n) is 3.14. The molecule has 0 radical (unpaired) electrons. The van der Waals surface area contributed by atoms with Crippen molar-refractivity contribution < 1.29 is 13.2 Å². The summed E-state index contributed by atoms with van der Waals surface area (Å²) in [5.74, 6) is 0. The predicted molar refractivity (Wildman–Crippen MR) is 49.9 cm³/mol. The van der Waals surface area contributed by atoms with Crippen LogP contribution in [0.3, 0.4) is 0 Å². The van der Waals surface area contributed by atoms with E-state index in [4.69, 9.17) is 22.3 Å². The average molecular weight is 239 g/mol. The molecule has 13 heavy (non-hydrogen) atoms. The molecule has 0 N–H and O–H groups in total. The minimum Gasteiger partial charge on any atom is -0.298 e. The van der Waals surface area contributed by atoms with E-state index in [1.807, 2.05) is 0 Å². The maximum absolute atomic E-state index is 10.8. The molecular formula is C7H4Cl2O3S. The molecule has 0 saturated heterocycles. The van der Waals surface area contributed by atoms with Crippen LogP contribution in [0.4, 0.5) is 0 Å². The van der Waals surface area contributed by atoms with Gasteiger partial charge in [-0.2, -0.15) is 0 Å². The fourth-order valence-corrected chi connectivity index (χ4v) is 2.33. The van der Waals surface area contributed by atoms with Crippen molar-refractivity contribution in [3.05, 3.63) is 28.8 Å². The van der Waals surface area contributed by atoms with E-state index in [-0.39, 0.29) is 9.92 Å². The Morgan fingerprint density at radius 3 is 2.31 bits per heavy atom. The van der Waals surface area contributed by atoms with Gasteiger partial charge in [-0.1, -0.05) is 17.7 Å². The molecule has 0 heterocycles. The molecule has 1 aromatic carbocycles. The summed E-state index contributed by atoms with van der Waals surface area (Å²) in [4.78, 5) is 10.1. The Morgan fingerprint density at radius 1 is 1.31 bits per heavy atom. The summed E-state index contributed by atoms with van der Waals surface area (Å²) in [7, 11) is 1.22. The van der Waals surface area contributed by atoms with Crippen LogP contribution in [0.1, 0.15) is 10.4 Å². The highest BCUT2D eigenvalue weighted by atomic mass is 35.7. The number of halogens is 2. The van der Waals surface area contributed by atoms with E-state index in [0.717, 1.165) is 0 Å². The lowest BCUT2D eigenvalue weighted by Crippen LogP contribution is -1.92. The summed E-state index contributed by atoms with van der Waals surface area (Å²) in [6.07, 6.45) is 0.566. The highest BCUT2D eigenvalue weighted by molar-refractivity contribution is 8.13. The first-order chi connectivity index (χ1) is 5.95. The van der Waals surface area contributed by atoms with E-state index in [9.17, 15) is 13.2 Å². The first kappa shape index (κ1) is 10.5. The molecule has 70 valence electrons. The van der Waals surface area contributed by atoms with Crippen LogP contribution >= 0.6 is 22.3 Å². The molecule has 0 aliphatic heterocycles. The third-order valence-electron chi connectivity index (χ3n) is 1.35. The Labute approximate surface area is 84.7 Å². The van der Waals surface area contributed by atoms with Crippen molar-refractivity contribution in [2.75, 3.05) is 0 Å². The zero-order chi connectivity index (χ0) is 10.1. The molecule has 0 aliphatic carbocycles. The third kappa shape index (κ3) is 2.43. The number of hydrogen-bond donors (Lipinski definition) is 0. The van der Waals surface area contributed by atoms with Gasteiger partial charge in [0.05, 0.1) is 5.02 Å². The predicted octanol–water partition coefficient (Wildman–Crippen LogP) is 2.08. The van der Waals surface area contributed by atoms with Gasteiger partial charge in [0.15, 0.2) is 0 Å². The summed E-state index contributed by atoms with van der Waals surface area (Å²) in [5, 5.41) is -0.0559. The Morgan fingerprint density at radius 2 is 1.92 bits per heavy atom. The van der Waals surface area contributed by atoms with Gasteiger partial charge in [0, 0.05) is 16.2 Å². The summed E-state index contributed by atoms with van der Waals surface area (Å²) >= 11 is 5.57. The normalized spacial score (nSPS) is 11.2. The number of aldehydes is 1. The van der Waals surface area contributed by atoms with Gasteiger partial charge in [0.2, 0.25) is 0 Å². The molecule has 1 rings (SSSR count). The molecule has 6 heteroatoms. The molecule has 0 bridgehead atoms. The maximum Gasteiger partial charge on any atom is 0.262 e. The Bertz CT molecular complexity index is 439. The zero-order valence-electron chi connectivity index (χ0n) is 6.20. The van der Waals surface area contributed by atoms with Gasteiger partial charge in [-0.25, -0.2) is 8.42 Å². The molecular weight excluding hydrogens is 235 g/mol. The van der Waals surface area contributed by atoms with Crippen LogP contribution in [-0.4, -0.2) is 14.7 Å². The number of carbonyl (C=O) groups is 1. The second-order valence-corrected chi connectivity index (χ2v) is 5.19. The lowest BCUT2D eigenvalue weighted by atomic mass is 10.2. The first-order valence-corrected chi connectivity index (χ1v) is 5.83. The molecule has 3 nitrogen and oxygen atoms in total. The molecule has 0 fully saturated rings. The summed E-state index contributed by atoms with van der Waals surface area (Å²) in [5.41, 5.74) is 0.300. The van der Waals surface area contributed by atoms with Crippen LogP contribution < -0.4 is 0 Å². The minimum atomic E-state index is -3.83. The van der Waals surface area contributed by atoms with Crippen LogP contribution in [0, 0.1) is 0 Å². The van der Waals surface area contributed by atoms with E-state index >= 15 is 0 Å². The molecule has 0 atom stereocenters. The third-order valence-corrected chi connectivity index (χ3v) is 3.16. The number of carbonyl (C=O) groups excluding carboxylic acids is 1. The van der Waals surface area contributed by atoms with Crippen molar-refractivity contribution in [2.45, 2.75) is 4.90 Å². The van der Waals surface area contributed by atoms with Crippen LogP contribution in [0.25, 0.3) is 0 Å². The van der Waals surface area contributed by atoms with E-state index in [1.165, 1.54) is 18.2 Å². The van der Waals surface area contributed by atoms with Crippen molar-refractivity contribution in [2.24, 2.45) is 0 Å². The standard InChI is InChI=1S/C7H4Cl2O3S/c8-6-3-5(4-10)1-2-7(6)13(9,11)12/h1-4H. The Balaban J connectivity index is 3.37. The van der Waals surface area contributed by atoms with E-state index in [2.05, 4.69) is 0 Å². The van der Waals surface area contributed by atoms with Crippen LogP contribution in [0.15, 0.2) is 23.1 Å². The number of hydrogen-bond acceptors (Lipinski definition) is 3. The monoisotopic (exact) mass is 238 g/mol. The van der Waals surface area contributed by atoms with E-state index in [1.54, 1.807) is 0 Å². The Kier molecular flexibility index (Phi) is 2.95. The van der Waals surface area contributed by atoms with Crippen LogP contribution in [-0.2, 0) is 9.05 Å². The molecule has 0 spiro atoms. The maximum atomic E-state index is 10.8. The van der Waals surface area contributed by atoms with Gasteiger partial charge < -0.3 is 0 Å². The van der Waals surface area contributed by atoms with E-state index in [0.29, 0.717) is 11.8 Å². The fourth-order valence-electron chi connectivity index (χ4n) is 0.788. The average Bonchev–Trinajstić information content (AvgIpc) is 2.01. The van der Waals surface area contributed by atoms with Crippen molar-refractivity contribution in [3.8, 4) is 0 Å². The number of benzene rings is 1. The van der Waals surface area contributed by atoms with Gasteiger partial charge in [0.25, 0.3) is 9.05 Å². The van der Waals surface area contributed by atoms with E-state index < -0.39 is 9.05 Å². The smallest absolute Gasteiger partial charge is 0.262 e. The molecule has 0 unspecified atom stereocenters. The Hall–Kier alpha value is -0.580. The molecule has 0 aromatic heterocycles. The second-order valence-electron chi connectivity index (χ2n) is 2.25. The van der Waals surface area contributed by atoms with Crippen molar-refractivity contribution in [1.29, 1.82) is 0 Å². The lowest BCUT2D eigenvalue weighted by molar-refractivity contribution is 0.112. The van der Waals surface area contributed by atoms with Gasteiger partial charge >= 0.3 is 0 Å². The largest absolute Gasteiger partial charge is 0.298 e. The van der Waals surface area contributed by atoms with Crippen molar-refractivity contribution in [1.82, 2.24) is 0 Å². The topological polar surface area (TPSA) is 51.2 Å². The molecule has 0 saturated carbocycles. The summed E-state index contributed by atoms with van der Waals surface area (Å²) in [6, 6.07) is 3.76. The van der Waals surface area contributed by atoms with Crippen molar-refractivity contribution in [3.63, 3.8) is 0 Å². The van der Waals surface area contributed by atoms with Gasteiger partial charge in [-0.15, -0.1) is 0 Å². The van der Waals surface area contributed by atoms with Gasteiger partial charge in [-0.3, -0.25) is 4.79 Å². The van der Waals surface area contributed by atoms with Crippen LogP contribution in [0.5, 0.6) is 0 Å². The SMILES string of the molecule is O=Cc1ccc(S(=O)(=O)Cl)c(Cl)c1. The molecule has 0 amide bonds. The minimum absolute atomic E-state index is 0.0559. The summed E-state index contributed by atoms with van der Waals surface area (Å²) < 4.78 is 21.7. The molecule has 0 aliphatic rings. The van der Waals surface area contributed by atoms with Crippen LogP contribution in [0.2, 0.25) is 5.02 Å². The second kappa shape index (κ2) is 3.65. The quantitative estimate of drug-likeness (QED) is 0.586. The number of rotatable bonds is 2. The fraction of sp³-hybridized carbons (Fsp3) is 0.